The quantitative estimate of drug-likeness (QED) is 0.442. The van der Waals surface area contributed by atoms with Gasteiger partial charge in [-0.1, -0.05) is 11.6 Å². The van der Waals surface area contributed by atoms with Crippen LogP contribution < -0.4 is 5.32 Å². The molecule has 7 nitrogen and oxygen atoms in total. The molecule has 0 unspecified atom stereocenters. The highest BCUT2D eigenvalue weighted by Crippen LogP contribution is 2.43. The SMILES string of the molecule is Cc1cc(C(F)(F)C(F)(F)F)n2nc(C(=O)NCCCn3nc(C)c(Cl)c3C)cc2n1. The lowest BCUT2D eigenvalue weighted by atomic mass is 10.2. The van der Waals surface area contributed by atoms with Crippen LogP contribution >= 0.6 is 11.6 Å². The predicted octanol–water partition coefficient (Wildman–Crippen LogP) is 3.98. The van der Waals surface area contributed by atoms with Crippen LogP contribution in [0, 0.1) is 20.8 Å². The Labute approximate surface area is 178 Å². The number of hydrogen-bond donors (Lipinski definition) is 1. The highest BCUT2D eigenvalue weighted by Gasteiger charge is 2.60. The second-order valence-electron chi connectivity index (χ2n) is 6.97. The first-order valence-corrected chi connectivity index (χ1v) is 9.51. The third-order valence-electron chi connectivity index (χ3n) is 4.59. The van der Waals surface area contributed by atoms with E-state index in [-0.39, 0.29) is 23.6 Å². The summed E-state index contributed by atoms with van der Waals surface area (Å²) in [5, 5.41) is 11.0. The van der Waals surface area contributed by atoms with E-state index in [1.165, 1.54) is 6.92 Å². The first kappa shape index (κ1) is 22.9. The highest BCUT2D eigenvalue weighted by molar-refractivity contribution is 6.31. The van der Waals surface area contributed by atoms with Gasteiger partial charge in [0.2, 0.25) is 0 Å². The molecule has 3 aromatic heterocycles. The monoisotopic (exact) mass is 464 g/mol. The van der Waals surface area contributed by atoms with Crippen molar-refractivity contribution in [3.63, 3.8) is 0 Å². The number of amides is 1. The van der Waals surface area contributed by atoms with E-state index in [4.69, 9.17) is 11.6 Å². The molecule has 0 bridgehead atoms. The molecule has 168 valence electrons. The third-order valence-corrected chi connectivity index (χ3v) is 5.14. The number of carbonyl (C=O) groups is 1. The molecule has 1 amide bonds. The minimum absolute atomic E-state index is 0.0678. The van der Waals surface area contributed by atoms with Gasteiger partial charge >= 0.3 is 12.1 Å². The van der Waals surface area contributed by atoms with E-state index in [0.29, 0.717) is 34.3 Å². The van der Waals surface area contributed by atoms with E-state index < -0.39 is 23.7 Å². The van der Waals surface area contributed by atoms with Gasteiger partial charge in [-0.05, 0) is 33.3 Å². The maximum absolute atomic E-state index is 13.9. The first-order chi connectivity index (χ1) is 14.3. The Hall–Kier alpha value is -2.76. The number of aryl methyl sites for hydroxylation is 3. The molecule has 0 radical (unpaired) electrons. The number of nitrogens with zero attached hydrogens (tertiary/aromatic N) is 5. The van der Waals surface area contributed by atoms with Crippen LogP contribution in [0.25, 0.3) is 5.65 Å². The molecule has 0 spiro atoms. The van der Waals surface area contributed by atoms with Gasteiger partial charge < -0.3 is 5.32 Å². The van der Waals surface area contributed by atoms with Gasteiger partial charge in [-0.3, -0.25) is 9.48 Å². The average Bonchev–Trinajstić information content (AvgIpc) is 3.20. The zero-order valence-electron chi connectivity index (χ0n) is 16.7. The fourth-order valence-corrected chi connectivity index (χ4v) is 3.13. The Bertz CT molecular complexity index is 1140. The van der Waals surface area contributed by atoms with Crippen LogP contribution in [0.5, 0.6) is 0 Å². The van der Waals surface area contributed by atoms with E-state index in [1.807, 2.05) is 0 Å². The number of halogens is 6. The molecule has 13 heteroatoms. The lowest BCUT2D eigenvalue weighted by Gasteiger charge is -2.20. The standard InChI is InChI=1S/C18H18ClF5N6O/c1-9-7-13(17(20,21)18(22,23)24)30-14(26-9)8-12(28-30)16(31)25-5-4-6-29-11(3)15(19)10(2)27-29/h7-8H,4-6H2,1-3H3,(H,25,31). The maximum atomic E-state index is 13.9. The average molecular weight is 465 g/mol. The topological polar surface area (TPSA) is 77.1 Å². The molecule has 1 N–H and O–H groups in total. The summed E-state index contributed by atoms with van der Waals surface area (Å²) < 4.78 is 68.4. The molecule has 0 fully saturated rings. The first-order valence-electron chi connectivity index (χ1n) is 9.13. The predicted molar refractivity (Wildman–Crippen MR) is 101 cm³/mol. The Kier molecular flexibility index (Phi) is 5.96. The largest absolute Gasteiger partial charge is 0.459 e. The Morgan fingerprint density at radius 3 is 2.39 bits per heavy atom. The van der Waals surface area contributed by atoms with E-state index in [0.717, 1.165) is 11.8 Å². The number of carbonyl (C=O) groups excluding carboxylic acids is 1. The summed E-state index contributed by atoms with van der Waals surface area (Å²) in [6.45, 7) is 5.51. The van der Waals surface area contributed by atoms with Crippen molar-refractivity contribution < 1.29 is 26.7 Å². The smallest absolute Gasteiger partial charge is 0.351 e. The zero-order chi connectivity index (χ0) is 23.1. The lowest BCUT2D eigenvalue weighted by Crippen LogP contribution is -2.36. The molecule has 0 aliphatic carbocycles. The zero-order valence-corrected chi connectivity index (χ0v) is 17.4. The summed E-state index contributed by atoms with van der Waals surface area (Å²) in [5.74, 6) is -5.89. The van der Waals surface area contributed by atoms with Crippen molar-refractivity contribution in [2.24, 2.45) is 0 Å². The molecule has 3 heterocycles. The fraction of sp³-hybridized carbons (Fsp3) is 0.444. The summed E-state index contributed by atoms with van der Waals surface area (Å²) in [5.41, 5.74) is -0.634. The minimum atomic E-state index is -5.83. The van der Waals surface area contributed by atoms with Crippen LogP contribution in [-0.4, -0.2) is 43.0 Å². The molecule has 0 aliphatic heterocycles. The third kappa shape index (κ3) is 4.34. The van der Waals surface area contributed by atoms with Crippen LogP contribution in [0.1, 0.15) is 39.7 Å². The van der Waals surface area contributed by atoms with Crippen molar-refractivity contribution in [2.45, 2.75) is 45.8 Å². The van der Waals surface area contributed by atoms with Crippen LogP contribution in [0.4, 0.5) is 22.0 Å². The molecular formula is C18H18ClF5N6O. The molecule has 0 aromatic carbocycles. The van der Waals surface area contributed by atoms with E-state index in [2.05, 4.69) is 20.5 Å². The number of fused-ring (bicyclic) bond motifs is 1. The number of hydrogen-bond acceptors (Lipinski definition) is 4. The molecule has 0 atom stereocenters. The fourth-order valence-electron chi connectivity index (χ4n) is 2.99. The lowest BCUT2D eigenvalue weighted by molar-refractivity contribution is -0.291. The number of rotatable bonds is 6. The molecule has 3 aromatic rings. The van der Waals surface area contributed by atoms with Crippen molar-refractivity contribution in [2.75, 3.05) is 6.54 Å². The Morgan fingerprint density at radius 1 is 1.13 bits per heavy atom. The van der Waals surface area contributed by atoms with Crippen LogP contribution in [0.3, 0.4) is 0 Å². The van der Waals surface area contributed by atoms with Gasteiger partial charge in [0.15, 0.2) is 11.3 Å². The van der Waals surface area contributed by atoms with Gasteiger partial charge in [0.1, 0.15) is 5.69 Å². The minimum Gasteiger partial charge on any atom is -0.351 e. The molecule has 0 saturated heterocycles. The van der Waals surface area contributed by atoms with Gasteiger partial charge in [0.25, 0.3) is 5.91 Å². The second kappa shape index (κ2) is 8.06. The number of nitrogens with one attached hydrogen (secondary N) is 1. The van der Waals surface area contributed by atoms with Crippen LogP contribution in [0.15, 0.2) is 12.1 Å². The van der Waals surface area contributed by atoms with Gasteiger partial charge in [-0.2, -0.15) is 32.1 Å². The van der Waals surface area contributed by atoms with E-state index in [9.17, 15) is 26.7 Å². The summed E-state index contributed by atoms with van der Waals surface area (Å²) in [7, 11) is 0. The van der Waals surface area contributed by atoms with Crippen molar-refractivity contribution in [3.05, 3.63) is 45.6 Å². The second-order valence-corrected chi connectivity index (χ2v) is 7.35. The molecule has 0 saturated carbocycles. The van der Waals surface area contributed by atoms with Crippen LogP contribution in [-0.2, 0) is 12.5 Å². The molecule has 3 rings (SSSR count). The normalized spacial score (nSPS) is 12.5. The van der Waals surface area contributed by atoms with E-state index in [1.54, 1.807) is 18.5 Å². The van der Waals surface area contributed by atoms with Gasteiger partial charge in [0.05, 0.1) is 16.4 Å². The summed E-state index contributed by atoms with van der Waals surface area (Å²) in [6.07, 6.45) is -5.35. The maximum Gasteiger partial charge on any atom is 0.459 e. The number of alkyl halides is 5. The number of aromatic nitrogens is 5. The van der Waals surface area contributed by atoms with Gasteiger partial charge in [-0.25, -0.2) is 9.50 Å². The summed E-state index contributed by atoms with van der Waals surface area (Å²) >= 11 is 6.07. The van der Waals surface area contributed by atoms with Crippen molar-refractivity contribution in [1.82, 2.24) is 29.7 Å². The molecule has 31 heavy (non-hydrogen) atoms. The van der Waals surface area contributed by atoms with Gasteiger partial charge in [0, 0.05) is 24.8 Å². The molecule has 0 aliphatic rings. The van der Waals surface area contributed by atoms with E-state index >= 15 is 0 Å². The highest BCUT2D eigenvalue weighted by atomic mass is 35.5. The molecular weight excluding hydrogens is 447 g/mol. The summed E-state index contributed by atoms with van der Waals surface area (Å²) in [6, 6.07) is 1.65. The van der Waals surface area contributed by atoms with Crippen molar-refractivity contribution >= 4 is 23.2 Å². The Morgan fingerprint density at radius 2 is 1.81 bits per heavy atom. The van der Waals surface area contributed by atoms with Crippen LogP contribution in [0.2, 0.25) is 5.02 Å². The van der Waals surface area contributed by atoms with Gasteiger partial charge in [-0.15, -0.1) is 0 Å². The summed E-state index contributed by atoms with van der Waals surface area (Å²) in [4.78, 5) is 16.2. The Balaban J connectivity index is 1.75. The van der Waals surface area contributed by atoms with Crippen molar-refractivity contribution in [1.29, 1.82) is 0 Å². The van der Waals surface area contributed by atoms with Crippen molar-refractivity contribution in [3.8, 4) is 0 Å².